The van der Waals surface area contributed by atoms with Gasteiger partial charge >= 0.3 is 0 Å². The molecule has 1 aliphatic rings. The first kappa shape index (κ1) is 12.4. The van der Waals surface area contributed by atoms with Crippen molar-refractivity contribution in [2.75, 3.05) is 24.6 Å². The number of nitrogens with two attached hydrogens (primary N) is 1. The molecule has 0 aromatic carbocycles. The normalized spacial score (nSPS) is 23.2. The molecule has 1 atom stereocenters. The van der Waals surface area contributed by atoms with Crippen LogP contribution in [0.4, 0.5) is 0 Å². The monoisotopic (exact) mass is 234 g/mol. The summed E-state index contributed by atoms with van der Waals surface area (Å²) in [5.41, 5.74) is 5.63. The minimum atomic E-state index is -2.95. The van der Waals surface area contributed by atoms with Crippen LogP contribution in [-0.2, 0) is 14.6 Å². The van der Waals surface area contributed by atoms with Crippen molar-refractivity contribution in [3.63, 3.8) is 0 Å². The molecule has 1 heterocycles. The van der Waals surface area contributed by atoms with E-state index in [1.54, 1.807) is 4.90 Å². The highest BCUT2D eigenvalue weighted by atomic mass is 32.2. The van der Waals surface area contributed by atoms with Crippen LogP contribution in [0.3, 0.4) is 0 Å². The standard InChI is InChI=1S/C9H18N2O3S/c1-2-8(10)9(12)11-4-3-6-15(13,14)7-5-11/h8H,2-7,10H2,1H3/t8-/m1/s1. The summed E-state index contributed by atoms with van der Waals surface area (Å²) in [6.07, 6.45) is 1.10. The van der Waals surface area contributed by atoms with Gasteiger partial charge in [-0.25, -0.2) is 8.42 Å². The van der Waals surface area contributed by atoms with Crippen LogP contribution >= 0.6 is 0 Å². The summed E-state index contributed by atoms with van der Waals surface area (Å²) in [6.45, 7) is 2.64. The average molecular weight is 234 g/mol. The van der Waals surface area contributed by atoms with Crippen molar-refractivity contribution >= 4 is 15.7 Å². The predicted octanol–water partition coefficient (Wildman–Crippen LogP) is -0.629. The molecule has 2 N–H and O–H groups in total. The zero-order chi connectivity index (χ0) is 11.5. The Morgan fingerprint density at radius 1 is 1.40 bits per heavy atom. The van der Waals surface area contributed by atoms with Crippen LogP contribution in [0.5, 0.6) is 0 Å². The molecule has 1 amide bonds. The lowest BCUT2D eigenvalue weighted by molar-refractivity contribution is -0.132. The van der Waals surface area contributed by atoms with Crippen LogP contribution in [0.25, 0.3) is 0 Å². The molecule has 5 nitrogen and oxygen atoms in total. The third-order valence-electron chi connectivity index (χ3n) is 2.62. The molecule has 1 saturated heterocycles. The van der Waals surface area contributed by atoms with Gasteiger partial charge in [0.15, 0.2) is 9.84 Å². The molecule has 88 valence electrons. The van der Waals surface area contributed by atoms with Gasteiger partial charge in [-0.3, -0.25) is 4.79 Å². The maximum Gasteiger partial charge on any atom is 0.239 e. The van der Waals surface area contributed by atoms with Gasteiger partial charge in [-0.05, 0) is 12.8 Å². The maximum atomic E-state index is 11.7. The van der Waals surface area contributed by atoms with Crippen molar-refractivity contribution in [2.24, 2.45) is 5.73 Å². The Morgan fingerprint density at radius 2 is 2.07 bits per heavy atom. The van der Waals surface area contributed by atoms with Gasteiger partial charge in [0.1, 0.15) is 0 Å². The summed E-state index contributed by atoms with van der Waals surface area (Å²) < 4.78 is 22.6. The summed E-state index contributed by atoms with van der Waals surface area (Å²) in [5.74, 6) is 0.113. The van der Waals surface area contributed by atoms with Crippen LogP contribution in [0.1, 0.15) is 19.8 Å². The van der Waals surface area contributed by atoms with E-state index in [9.17, 15) is 13.2 Å². The quantitative estimate of drug-likeness (QED) is 0.690. The molecule has 0 aliphatic carbocycles. The fourth-order valence-corrected chi connectivity index (χ4v) is 2.84. The van der Waals surface area contributed by atoms with Crippen molar-refractivity contribution in [1.29, 1.82) is 0 Å². The molecule has 6 heteroatoms. The van der Waals surface area contributed by atoms with E-state index >= 15 is 0 Å². The first-order valence-corrected chi connectivity index (χ1v) is 7.03. The molecule has 0 bridgehead atoms. The first-order valence-electron chi connectivity index (χ1n) is 5.21. The van der Waals surface area contributed by atoms with Crippen LogP contribution in [0.2, 0.25) is 0 Å². The number of rotatable bonds is 2. The van der Waals surface area contributed by atoms with E-state index in [1.807, 2.05) is 6.92 Å². The molecule has 1 aliphatic heterocycles. The summed E-state index contributed by atoms with van der Waals surface area (Å²) in [4.78, 5) is 13.3. The molecule has 0 aromatic rings. The van der Waals surface area contributed by atoms with Gasteiger partial charge in [0, 0.05) is 13.1 Å². The Labute approximate surface area is 90.5 Å². The highest BCUT2D eigenvalue weighted by Crippen LogP contribution is 2.07. The molecule has 15 heavy (non-hydrogen) atoms. The second-order valence-corrected chi connectivity index (χ2v) is 6.15. The molecule has 0 aromatic heterocycles. The average Bonchev–Trinajstić information content (AvgIpc) is 2.37. The highest BCUT2D eigenvalue weighted by molar-refractivity contribution is 7.91. The second kappa shape index (κ2) is 4.94. The molecule has 1 rings (SSSR count). The fraction of sp³-hybridized carbons (Fsp3) is 0.889. The Hall–Kier alpha value is -0.620. The largest absolute Gasteiger partial charge is 0.340 e. The van der Waals surface area contributed by atoms with Gasteiger partial charge < -0.3 is 10.6 Å². The van der Waals surface area contributed by atoms with E-state index < -0.39 is 15.9 Å². The van der Waals surface area contributed by atoms with E-state index in [2.05, 4.69) is 0 Å². The number of nitrogens with zero attached hydrogens (tertiary/aromatic N) is 1. The molecular weight excluding hydrogens is 216 g/mol. The minimum absolute atomic E-state index is 0.0647. The van der Waals surface area contributed by atoms with Crippen molar-refractivity contribution in [3.05, 3.63) is 0 Å². The van der Waals surface area contributed by atoms with Gasteiger partial charge in [-0.1, -0.05) is 6.92 Å². The molecular formula is C9H18N2O3S. The lowest BCUT2D eigenvalue weighted by Gasteiger charge is -2.22. The second-order valence-electron chi connectivity index (χ2n) is 3.85. The van der Waals surface area contributed by atoms with Crippen molar-refractivity contribution < 1.29 is 13.2 Å². The van der Waals surface area contributed by atoms with Gasteiger partial charge in [0.05, 0.1) is 17.5 Å². The fourth-order valence-electron chi connectivity index (χ4n) is 1.57. The lowest BCUT2D eigenvalue weighted by atomic mass is 10.2. The SMILES string of the molecule is CC[C@@H](N)C(=O)N1CCCS(=O)(=O)CC1. The smallest absolute Gasteiger partial charge is 0.239 e. The van der Waals surface area contributed by atoms with E-state index in [1.165, 1.54) is 0 Å². The number of hydrogen-bond acceptors (Lipinski definition) is 4. The molecule has 0 radical (unpaired) electrons. The zero-order valence-electron chi connectivity index (χ0n) is 8.98. The number of carbonyl (C=O) groups is 1. The molecule has 0 unspecified atom stereocenters. The number of hydrogen-bond donors (Lipinski definition) is 1. The predicted molar refractivity (Wildman–Crippen MR) is 58.1 cm³/mol. The minimum Gasteiger partial charge on any atom is -0.340 e. The number of amides is 1. The van der Waals surface area contributed by atoms with Crippen LogP contribution in [-0.4, -0.2) is 49.9 Å². The maximum absolute atomic E-state index is 11.7. The van der Waals surface area contributed by atoms with Crippen LogP contribution in [0.15, 0.2) is 0 Å². The molecule has 1 fully saturated rings. The van der Waals surface area contributed by atoms with Crippen LogP contribution in [0, 0.1) is 0 Å². The molecule has 0 saturated carbocycles. The van der Waals surface area contributed by atoms with Gasteiger partial charge in [-0.2, -0.15) is 0 Å². The topological polar surface area (TPSA) is 80.5 Å². The van der Waals surface area contributed by atoms with E-state index in [-0.39, 0.29) is 24.0 Å². The first-order chi connectivity index (χ1) is 6.96. The van der Waals surface area contributed by atoms with Crippen molar-refractivity contribution in [3.8, 4) is 0 Å². The van der Waals surface area contributed by atoms with Gasteiger partial charge in [0.25, 0.3) is 0 Å². The Bertz CT molecular complexity index is 326. The van der Waals surface area contributed by atoms with E-state index in [0.29, 0.717) is 19.4 Å². The van der Waals surface area contributed by atoms with Gasteiger partial charge in [-0.15, -0.1) is 0 Å². The van der Waals surface area contributed by atoms with Crippen molar-refractivity contribution in [2.45, 2.75) is 25.8 Å². The van der Waals surface area contributed by atoms with Gasteiger partial charge in [0.2, 0.25) is 5.91 Å². The summed E-state index contributed by atoms with van der Waals surface area (Å²) in [7, 11) is -2.95. The summed E-state index contributed by atoms with van der Waals surface area (Å²) in [6, 6.07) is -0.495. The highest BCUT2D eigenvalue weighted by Gasteiger charge is 2.24. The number of sulfone groups is 1. The molecule has 0 spiro atoms. The third kappa shape index (κ3) is 3.46. The number of carbonyl (C=O) groups excluding carboxylic acids is 1. The van der Waals surface area contributed by atoms with E-state index in [4.69, 9.17) is 5.73 Å². The Morgan fingerprint density at radius 3 is 2.67 bits per heavy atom. The Kier molecular flexibility index (Phi) is 4.10. The lowest BCUT2D eigenvalue weighted by Crippen LogP contribution is -2.44. The summed E-state index contributed by atoms with van der Waals surface area (Å²) >= 11 is 0. The zero-order valence-corrected chi connectivity index (χ0v) is 9.79. The third-order valence-corrected chi connectivity index (χ3v) is 4.34. The van der Waals surface area contributed by atoms with E-state index in [0.717, 1.165) is 0 Å². The van der Waals surface area contributed by atoms with Crippen molar-refractivity contribution in [1.82, 2.24) is 4.90 Å². The Balaban J connectivity index is 2.62. The van der Waals surface area contributed by atoms with Crippen LogP contribution < -0.4 is 5.73 Å². The summed E-state index contributed by atoms with van der Waals surface area (Å²) in [5, 5.41) is 0.